The summed E-state index contributed by atoms with van der Waals surface area (Å²) in [4.78, 5) is 12.1. The zero-order valence-electron chi connectivity index (χ0n) is 14.4. The molecule has 0 aromatic heterocycles. The smallest absolute Gasteiger partial charge is 0.309 e. The number of fused-ring (bicyclic) bond motifs is 1. The first-order chi connectivity index (χ1) is 10.7. The van der Waals surface area contributed by atoms with E-state index < -0.39 is 5.97 Å². The van der Waals surface area contributed by atoms with Gasteiger partial charge in [0.2, 0.25) is 0 Å². The Morgan fingerprint density at radius 2 is 1.68 bits per heavy atom. The highest BCUT2D eigenvalue weighted by Crippen LogP contribution is 2.54. The molecular formula is C20H34O2. The first-order valence-electron chi connectivity index (χ1n) is 9.89. The highest BCUT2D eigenvalue weighted by atomic mass is 16.4. The van der Waals surface area contributed by atoms with Crippen molar-refractivity contribution in [2.45, 2.75) is 90.4 Å². The number of hydrogen-bond acceptors (Lipinski definition) is 1. The van der Waals surface area contributed by atoms with Gasteiger partial charge in [0.25, 0.3) is 0 Å². The number of rotatable bonds is 4. The molecule has 2 heteroatoms. The first kappa shape index (κ1) is 16.3. The summed E-state index contributed by atoms with van der Waals surface area (Å²) in [5.74, 6) is 2.71. The third kappa shape index (κ3) is 3.08. The third-order valence-corrected chi connectivity index (χ3v) is 7.37. The van der Waals surface area contributed by atoms with Crippen LogP contribution in [-0.2, 0) is 4.79 Å². The van der Waals surface area contributed by atoms with Gasteiger partial charge in [0.05, 0.1) is 5.41 Å². The number of carboxylic acids is 1. The number of hydrogen-bond donors (Lipinski definition) is 1. The fourth-order valence-corrected chi connectivity index (χ4v) is 6.14. The van der Waals surface area contributed by atoms with Gasteiger partial charge in [0, 0.05) is 0 Å². The SMILES string of the molecule is CCCC1CCC2CC(C3(C(=O)O)CCCCC3)CCC2C1. The van der Waals surface area contributed by atoms with Crippen LogP contribution >= 0.6 is 0 Å². The van der Waals surface area contributed by atoms with Gasteiger partial charge in [0.15, 0.2) is 0 Å². The zero-order valence-corrected chi connectivity index (χ0v) is 14.4. The zero-order chi connectivity index (χ0) is 15.6. The van der Waals surface area contributed by atoms with Crippen molar-refractivity contribution in [3.63, 3.8) is 0 Å². The molecule has 0 spiro atoms. The summed E-state index contributed by atoms with van der Waals surface area (Å²) in [5.41, 5.74) is -0.358. The standard InChI is InChI=1S/C20H34O2/c1-2-6-15-7-8-17-14-18(10-9-16(17)13-15)20(19(21)22)11-4-3-5-12-20/h15-18H,2-14H2,1H3,(H,21,22). The van der Waals surface area contributed by atoms with E-state index in [1.165, 1.54) is 57.8 Å². The molecule has 0 saturated heterocycles. The second-order valence-corrected chi connectivity index (χ2v) is 8.52. The second-order valence-electron chi connectivity index (χ2n) is 8.52. The topological polar surface area (TPSA) is 37.3 Å². The molecule has 22 heavy (non-hydrogen) atoms. The van der Waals surface area contributed by atoms with Crippen LogP contribution in [0.15, 0.2) is 0 Å². The van der Waals surface area contributed by atoms with Crippen LogP contribution in [0.5, 0.6) is 0 Å². The van der Waals surface area contributed by atoms with Crippen molar-refractivity contribution in [1.82, 2.24) is 0 Å². The predicted octanol–water partition coefficient (Wildman–Crippen LogP) is 5.65. The van der Waals surface area contributed by atoms with Crippen LogP contribution in [0.4, 0.5) is 0 Å². The van der Waals surface area contributed by atoms with Gasteiger partial charge >= 0.3 is 5.97 Å². The van der Waals surface area contributed by atoms with Gasteiger partial charge in [-0.25, -0.2) is 0 Å². The average molecular weight is 306 g/mol. The molecule has 3 saturated carbocycles. The molecule has 2 nitrogen and oxygen atoms in total. The van der Waals surface area contributed by atoms with E-state index >= 15 is 0 Å². The summed E-state index contributed by atoms with van der Waals surface area (Å²) in [6.45, 7) is 2.31. The molecule has 4 atom stereocenters. The maximum atomic E-state index is 12.1. The fraction of sp³-hybridized carbons (Fsp3) is 0.950. The predicted molar refractivity (Wildman–Crippen MR) is 89.7 cm³/mol. The van der Waals surface area contributed by atoms with Crippen LogP contribution in [0.1, 0.15) is 90.4 Å². The van der Waals surface area contributed by atoms with Crippen LogP contribution in [0.2, 0.25) is 0 Å². The van der Waals surface area contributed by atoms with Crippen molar-refractivity contribution >= 4 is 5.97 Å². The van der Waals surface area contributed by atoms with E-state index in [9.17, 15) is 9.90 Å². The van der Waals surface area contributed by atoms with Crippen molar-refractivity contribution in [2.24, 2.45) is 29.1 Å². The highest BCUT2D eigenvalue weighted by Gasteiger charge is 2.49. The first-order valence-corrected chi connectivity index (χ1v) is 9.89. The van der Waals surface area contributed by atoms with E-state index in [1.54, 1.807) is 0 Å². The normalized spacial score (nSPS) is 38.2. The summed E-state index contributed by atoms with van der Waals surface area (Å²) < 4.78 is 0. The van der Waals surface area contributed by atoms with Gasteiger partial charge in [-0.2, -0.15) is 0 Å². The van der Waals surface area contributed by atoms with Gasteiger partial charge in [0.1, 0.15) is 0 Å². The minimum atomic E-state index is -0.477. The maximum Gasteiger partial charge on any atom is 0.309 e. The highest BCUT2D eigenvalue weighted by molar-refractivity contribution is 5.75. The Hall–Kier alpha value is -0.530. The Kier molecular flexibility index (Phi) is 5.14. The van der Waals surface area contributed by atoms with E-state index in [1.807, 2.05) is 0 Å². The largest absolute Gasteiger partial charge is 0.481 e. The molecule has 0 bridgehead atoms. The molecule has 3 aliphatic rings. The molecule has 0 aromatic carbocycles. The van der Waals surface area contributed by atoms with Gasteiger partial charge in [-0.3, -0.25) is 4.79 Å². The monoisotopic (exact) mass is 306 g/mol. The molecular weight excluding hydrogens is 272 g/mol. The summed E-state index contributed by atoms with van der Waals surface area (Å²) in [6.07, 6.45) is 16.1. The van der Waals surface area contributed by atoms with E-state index in [-0.39, 0.29) is 5.41 Å². The van der Waals surface area contributed by atoms with Gasteiger partial charge in [-0.15, -0.1) is 0 Å². The minimum Gasteiger partial charge on any atom is -0.481 e. The molecule has 1 N–H and O–H groups in total. The molecule has 0 aliphatic heterocycles. The van der Waals surface area contributed by atoms with Gasteiger partial charge in [-0.1, -0.05) is 45.4 Å². The Balaban J connectivity index is 1.65. The van der Waals surface area contributed by atoms with Gasteiger partial charge in [-0.05, 0) is 68.6 Å². The van der Waals surface area contributed by atoms with Crippen LogP contribution < -0.4 is 0 Å². The van der Waals surface area contributed by atoms with E-state index in [2.05, 4.69) is 6.92 Å². The molecule has 3 fully saturated rings. The van der Waals surface area contributed by atoms with Crippen LogP contribution in [-0.4, -0.2) is 11.1 Å². The summed E-state index contributed by atoms with van der Waals surface area (Å²) in [6, 6.07) is 0. The number of aliphatic carboxylic acids is 1. The van der Waals surface area contributed by atoms with Crippen molar-refractivity contribution < 1.29 is 9.90 Å². The Bertz CT molecular complexity index is 383. The Labute approximate surface area is 136 Å². The van der Waals surface area contributed by atoms with Crippen LogP contribution in [0.3, 0.4) is 0 Å². The third-order valence-electron chi connectivity index (χ3n) is 7.37. The van der Waals surface area contributed by atoms with Crippen molar-refractivity contribution in [3.05, 3.63) is 0 Å². The summed E-state index contributed by atoms with van der Waals surface area (Å²) >= 11 is 0. The number of carbonyl (C=O) groups is 1. The van der Waals surface area contributed by atoms with E-state index in [4.69, 9.17) is 0 Å². The quantitative estimate of drug-likeness (QED) is 0.728. The Morgan fingerprint density at radius 3 is 2.36 bits per heavy atom. The molecule has 3 rings (SSSR count). The van der Waals surface area contributed by atoms with Crippen LogP contribution in [0, 0.1) is 29.1 Å². The minimum absolute atomic E-state index is 0.358. The van der Waals surface area contributed by atoms with E-state index in [0.717, 1.165) is 43.4 Å². The summed E-state index contributed by atoms with van der Waals surface area (Å²) in [5, 5.41) is 9.95. The van der Waals surface area contributed by atoms with Crippen molar-refractivity contribution in [1.29, 1.82) is 0 Å². The van der Waals surface area contributed by atoms with Gasteiger partial charge < -0.3 is 5.11 Å². The van der Waals surface area contributed by atoms with Crippen molar-refractivity contribution in [2.75, 3.05) is 0 Å². The van der Waals surface area contributed by atoms with Crippen molar-refractivity contribution in [3.8, 4) is 0 Å². The molecule has 0 heterocycles. The molecule has 126 valence electrons. The molecule has 0 radical (unpaired) electrons. The Morgan fingerprint density at radius 1 is 1.00 bits per heavy atom. The fourth-order valence-electron chi connectivity index (χ4n) is 6.14. The molecule has 3 aliphatic carbocycles. The lowest BCUT2D eigenvalue weighted by Crippen LogP contribution is -2.44. The second kappa shape index (κ2) is 6.93. The summed E-state index contributed by atoms with van der Waals surface area (Å²) in [7, 11) is 0. The molecule has 4 unspecified atom stereocenters. The molecule has 0 amide bonds. The lowest BCUT2D eigenvalue weighted by molar-refractivity contribution is -0.158. The average Bonchev–Trinajstić information content (AvgIpc) is 2.55. The molecule has 0 aromatic rings. The van der Waals surface area contributed by atoms with E-state index in [0.29, 0.717) is 5.92 Å². The number of carboxylic acid groups (broad SMARTS) is 1. The van der Waals surface area contributed by atoms with Crippen LogP contribution in [0.25, 0.3) is 0 Å². The lowest BCUT2D eigenvalue weighted by Gasteiger charge is -2.48. The maximum absolute atomic E-state index is 12.1. The lowest BCUT2D eigenvalue weighted by atomic mass is 9.56.